The fourth-order valence-electron chi connectivity index (χ4n) is 2.88. The van der Waals surface area contributed by atoms with E-state index in [1.165, 1.54) is 6.07 Å². The van der Waals surface area contributed by atoms with Gasteiger partial charge in [-0.15, -0.1) is 0 Å². The molecular weight excluding hydrogens is 413 g/mol. The average molecular weight is 429 g/mol. The minimum absolute atomic E-state index is 0.170. The minimum atomic E-state index is -0.408. The van der Waals surface area contributed by atoms with E-state index in [1.54, 1.807) is 12.1 Å². The fraction of sp³-hybridized carbons (Fsp3) is 0.222. The zero-order chi connectivity index (χ0) is 18.7. The Labute approximate surface area is 172 Å². The topological polar surface area (TPSA) is 44.4 Å². The molecule has 0 aliphatic carbocycles. The van der Waals surface area contributed by atoms with Gasteiger partial charge in [0.05, 0.1) is 27.0 Å². The second kappa shape index (κ2) is 8.44. The number of rotatable bonds is 3. The zero-order valence-corrected chi connectivity index (χ0v) is 16.8. The third-order valence-corrected chi connectivity index (χ3v) is 5.12. The molecule has 2 N–H and O–H groups in total. The number of thiocarbonyl (C=S) groups is 1. The highest BCUT2D eigenvalue weighted by molar-refractivity contribution is 7.80. The maximum atomic E-state index is 12.4. The van der Waals surface area contributed by atoms with Gasteiger partial charge in [0, 0.05) is 18.1 Å². The van der Waals surface area contributed by atoms with E-state index < -0.39 is 5.91 Å². The second-order valence-corrected chi connectivity index (χ2v) is 7.52. The van der Waals surface area contributed by atoms with Gasteiger partial charge >= 0.3 is 0 Å². The highest BCUT2D eigenvalue weighted by atomic mass is 35.5. The van der Waals surface area contributed by atoms with Crippen LogP contribution in [0.2, 0.25) is 15.1 Å². The van der Waals surface area contributed by atoms with Crippen LogP contribution in [-0.4, -0.2) is 24.1 Å². The van der Waals surface area contributed by atoms with Crippen molar-refractivity contribution in [1.29, 1.82) is 0 Å². The number of hydrogen-bond acceptors (Lipinski definition) is 3. The number of amides is 1. The molecule has 1 amide bonds. The van der Waals surface area contributed by atoms with Gasteiger partial charge in [-0.1, -0.05) is 40.9 Å². The van der Waals surface area contributed by atoms with E-state index in [9.17, 15) is 4.79 Å². The van der Waals surface area contributed by atoms with E-state index in [-0.39, 0.29) is 10.1 Å². The number of anilines is 2. The predicted molar refractivity (Wildman–Crippen MR) is 113 cm³/mol. The third-order valence-electron chi connectivity index (χ3n) is 4.06. The molecular formula is C18H16Cl3N3OS. The molecule has 1 aliphatic heterocycles. The molecule has 0 atom stereocenters. The first-order valence-electron chi connectivity index (χ1n) is 8.06. The summed E-state index contributed by atoms with van der Waals surface area (Å²) in [6, 6.07) is 10.2. The number of para-hydroxylation sites is 1. The Balaban J connectivity index is 1.74. The lowest BCUT2D eigenvalue weighted by atomic mass is 10.2. The van der Waals surface area contributed by atoms with Crippen molar-refractivity contribution >= 4 is 69.4 Å². The number of hydrogen-bond donors (Lipinski definition) is 2. The van der Waals surface area contributed by atoms with Crippen LogP contribution in [0.15, 0.2) is 36.4 Å². The van der Waals surface area contributed by atoms with Gasteiger partial charge in [0.2, 0.25) is 0 Å². The molecule has 0 saturated carbocycles. The monoisotopic (exact) mass is 427 g/mol. The summed E-state index contributed by atoms with van der Waals surface area (Å²) >= 11 is 23.6. The van der Waals surface area contributed by atoms with E-state index >= 15 is 0 Å². The summed E-state index contributed by atoms with van der Waals surface area (Å²) in [5.41, 5.74) is 1.95. The van der Waals surface area contributed by atoms with Gasteiger partial charge in [-0.2, -0.15) is 0 Å². The van der Waals surface area contributed by atoms with Crippen molar-refractivity contribution in [2.24, 2.45) is 0 Å². The molecule has 2 aromatic rings. The molecule has 0 aromatic heterocycles. The van der Waals surface area contributed by atoms with Gasteiger partial charge in [0.1, 0.15) is 0 Å². The van der Waals surface area contributed by atoms with Crippen LogP contribution in [0.4, 0.5) is 11.4 Å². The SMILES string of the molecule is O=C(NC(=S)Nc1cccc(Cl)c1N1CCCC1)c1ccc(Cl)cc1Cl. The van der Waals surface area contributed by atoms with Crippen molar-refractivity contribution in [2.45, 2.75) is 12.8 Å². The fourth-order valence-corrected chi connectivity index (χ4v) is 3.87. The highest BCUT2D eigenvalue weighted by Gasteiger charge is 2.20. The highest BCUT2D eigenvalue weighted by Crippen LogP contribution is 2.35. The smallest absolute Gasteiger partial charge is 0.258 e. The molecule has 1 saturated heterocycles. The molecule has 0 unspecified atom stereocenters. The lowest BCUT2D eigenvalue weighted by molar-refractivity contribution is 0.0978. The third kappa shape index (κ3) is 4.41. The Kier molecular flexibility index (Phi) is 6.24. The van der Waals surface area contributed by atoms with Crippen LogP contribution in [0.1, 0.15) is 23.2 Å². The van der Waals surface area contributed by atoms with Crippen molar-refractivity contribution < 1.29 is 4.79 Å². The summed E-state index contributed by atoms with van der Waals surface area (Å²) in [4.78, 5) is 14.6. The molecule has 1 heterocycles. The summed E-state index contributed by atoms with van der Waals surface area (Å²) < 4.78 is 0. The molecule has 3 rings (SSSR count). The first-order chi connectivity index (χ1) is 12.5. The maximum absolute atomic E-state index is 12.4. The molecule has 26 heavy (non-hydrogen) atoms. The standard InChI is InChI=1S/C18H16Cl3N3OS/c19-11-6-7-12(14(21)10-11)17(25)23-18(26)22-15-5-3-4-13(20)16(15)24-8-1-2-9-24/h3-7,10H,1-2,8-9H2,(H2,22,23,25,26). The number of nitrogens with one attached hydrogen (secondary N) is 2. The molecule has 4 nitrogen and oxygen atoms in total. The Morgan fingerprint density at radius 3 is 2.46 bits per heavy atom. The van der Waals surface area contributed by atoms with Crippen LogP contribution in [0, 0.1) is 0 Å². The summed E-state index contributed by atoms with van der Waals surface area (Å²) in [5, 5.41) is 7.24. The van der Waals surface area contributed by atoms with E-state index in [0.717, 1.165) is 37.3 Å². The number of nitrogens with zero attached hydrogens (tertiary/aromatic N) is 1. The van der Waals surface area contributed by atoms with Crippen LogP contribution in [-0.2, 0) is 0 Å². The Bertz CT molecular complexity index is 854. The van der Waals surface area contributed by atoms with Crippen molar-refractivity contribution in [2.75, 3.05) is 23.3 Å². The first kappa shape index (κ1) is 19.2. The Hall–Kier alpha value is -1.53. The molecule has 1 aliphatic rings. The number of halogens is 3. The normalized spacial score (nSPS) is 13.6. The molecule has 8 heteroatoms. The Morgan fingerprint density at radius 1 is 1.04 bits per heavy atom. The van der Waals surface area contributed by atoms with Gasteiger partial charge in [-0.25, -0.2) is 0 Å². The van der Waals surface area contributed by atoms with Gasteiger partial charge in [-0.05, 0) is 55.4 Å². The van der Waals surface area contributed by atoms with Crippen LogP contribution >= 0.6 is 47.0 Å². The van der Waals surface area contributed by atoms with E-state index in [4.69, 9.17) is 47.0 Å². The number of carbonyl (C=O) groups excluding carboxylic acids is 1. The molecule has 0 radical (unpaired) electrons. The summed E-state index contributed by atoms with van der Waals surface area (Å²) in [7, 11) is 0. The predicted octanol–water partition coefficient (Wildman–Crippen LogP) is 5.37. The maximum Gasteiger partial charge on any atom is 0.258 e. The van der Waals surface area contributed by atoms with E-state index in [2.05, 4.69) is 15.5 Å². The van der Waals surface area contributed by atoms with Crippen LogP contribution < -0.4 is 15.5 Å². The molecule has 136 valence electrons. The first-order valence-corrected chi connectivity index (χ1v) is 9.61. The molecule has 1 fully saturated rings. The zero-order valence-electron chi connectivity index (χ0n) is 13.7. The molecule has 0 spiro atoms. The lowest BCUT2D eigenvalue weighted by Crippen LogP contribution is -2.34. The van der Waals surface area contributed by atoms with E-state index in [1.807, 2.05) is 18.2 Å². The van der Waals surface area contributed by atoms with Crippen LogP contribution in [0.3, 0.4) is 0 Å². The minimum Gasteiger partial charge on any atom is -0.369 e. The summed E-state index contributed by atoms with van der Waals surface area (Å²) in [6.07, 6.45) is 2.25. The molecule has 2 aromatic carbocycles. The van der Waals surface area contributed by atoms with Gasteiger partial charge < -0.3 is 10.2 Å². The summed E-state index contributed by atoms with van der Waals surface area (Å²) in [6.45, 7) is 1.88. The number of carbonyl (C=O) groups is 1. The summed E-state index contributed by atoms with van der Waals surface area (Å²) in [5.74, 6) is -0.408. The molecule has 0 bridgehead atoms. The van der Waals surface area contributed by atoms with Crippen molar-refractivity contribution in [3.63, 3.8) is 0 Å². The lowest BCUT2D eigenvalue weighted by Gasteiger charge is -2.23. The van der Waals surface area contributed by atoms with Gasteiger partial charge in [0.25, 0.3) is 5.91 Å². The van der Waals surface area contributed by atoms with E-state index in [0.29, 0.717) is 15.6 Å². The largest absolute Gasteiger partial charge is 0.369 e. The van der Waals surface area contributed by atoms with Crippen LogP contribution in [0.5, 0.6) is 0 Å². The second-order valence-electron chi connectivity index (χ2n) is 5.86. The van der Waals surface area contributed by atoms with Crippen molar-refractivity contribution in [3.05, 3.63) is 57.0 Å². The number of benzene rings is 2. The van der Waals surface area contributed by atoms with Crippen molar-refractivity contribution in [3.8, 4) is 0 Å². The Morgan fingerprint density at radius 2 is 1.77 bits per heavy atom. The van der Waals surface area contributed by atoms with Gasteiger partial charge in [-0.3, -0.25) is 10.1 Å². The van der Waals surface area contributed by atoms with Crippen LogP contribution in [0.25, 0.3) is 0 Å². The van der Waals surface area contributed by atoms with Crippen molar-refractivity contribution in [1.82, 2.24) is 5.32 Å². The van der Waals surface area contributed by atoms with Gasteiger partial charge in [0.15, 0.2) is 5.11 Å². The average Bonchev–Trinajstić information content (AvgIpc) is 3.08. The quantitative estimate of drug-likeness (QED) is 0.645.